The normalized spacial score (nSPS) is 12.3. The maximum Gasteiger partial charge on any atom is 0.247 e. The third-order valence-electron chi connectivity index (χ3n) is 3.49. The van der Waals surface area contributed by atoms with E-state index < -0.39 is 22.0 Å². The monoisotopic (exact) mass is 382 g/mol. The Morgan fingerprint density at radius 1 is 1.20 bits per heavy atom. The van der Waals surface area contributed by atoms with E-state index in [1.165, 1.54) is 14.0 Å². The Kier molecular flexibility index (Phi) is 5.92. The second kappa shape index (κ2) is 7.76. The van der Waals surface area contributed by atoms with Gasteiger partial charge in [0.05, 0.1) is 19.1 Å². The summed E-state index contributed by atoms with van der Waals surface area (Å²) in [5, 5.41) is 3.14. The average molecular weight is 383 g/mol. The number of benzene rings is 2. The van der Waals surface area contributed by atoms with E-state index in [4.69, 9.17) is 16.3 Å². The maximum atomic E-state index is 12.5. The Morgan fingerprint density at radius 2 is 1.88 bits per heavy atom. The highest BCUT2D eigenvalue weighted by Gasteiger charge is 2.29. The number of amides is 1. The number of methoxy groups -OCH3 is 1. The molecule has 0 aliphatic carbocycles. The van der Waals surface area contributed by atoms with Gasteiger partial charge in [-0.3, -0.25) is 9.10 Å². The molecule has 0 aromatic heterocycles. The summed E-state index contributed by atoms with van der Waals surface area (Å²) < 4.78 is 30.7. The molecule has 134 valence electrons. The van der Waals surface area contributed by atoms with E-state index in [0.717, 1.165) is 10.6 Å². The van der Waals surface area contributed by atoms with Crippen molar-refractivity contribution in [1.82, 2.24) is 0 Å². The van der Waals surface area contributed by atoms with Crippen LogP contribution in [0.5, 0.6) is 5.75 Å². The summed E-state index contributed by atoms with van der Waals surface area (Å²) in [5.74, 6) is 0.0177. The maximum absolute atomic E-state index is 12.5. The molecule has 0 unspecified atom stereocenters. The Hall–Kier alpha value is -2.25. The molecule has 0 bridgehead atoms. The third-order valence-corrected chi connectivity index (χ3v) is 4.97. The number of nitrogens with zero attached hydrogens (tertiary/aromatic N) is 1. The molecule has 0 aliphatic heterocycles. The molecule has 0 saturated carbocycles. The molecule has 8 heteroatoms. The number of halogens is 1. The summed E-state index contributed by atoms with van der Waals surface area (Å²) >= 11 is 5.90. The predicted molar refractivity (Wildman–Crippen MR) is 99.9 cm³/mol. The van der Waals surface area contributed by atoms with Crippen LogP contribution >= 0.6 is 11.6 Å². The number of carbonyl (C=O) groups excluding carboxylic acids is 1. The minimum absolute atomic E-state index is 0.343. The van der Waals surface area contributed by atoms with Crippen molar-refractivity contribution in [3.63, 3.8) is 0 Å². The van der Waals surface area contributed by atoms with Crippen LogP contribution in [0.1, 0.15) is 6.92 Å². The van der Waals surface area contributed by atoms with Gasteiger partial charge in [0.1, 0.15) is 11.8 Å². The molecule has 0 radical (unpaired) electrons. The van der Waals surface area contributed by atoms with Gasteiger partial charge in [-0.25, -0.2) is 8.42 Å². The highest BCUT2D eigenvalue weighted by Crippen LogP contribution is 2.26. The van der Waals surface area contributed by atoms with Gasteiger partial charge in [-0.05, 0) is 37.3 Å². The zero-order valence-electron chi connectivity index (χ0n) is 14.1. The van der Waals surface area contributed by atoms with Gasteiger partial charge in [0, 0.05) is 16.8 Å². The lowest BCUT2D eigenvalue weighted by Crippen LogP contribution is -2.45. The first kappa shape index (κ1) is 19.1. The van der Waals surface area contributed by atoms with Crippen molar-refractivity contribution >= 4 is 38.9 Å². The van der Waals surface area contributed by atoms with Gasteiger partial charge in [0.25, 0.3) is 0 Å². The first-order valence-electron chi connectivity index (χ1n) is 7.42. The van der Waals surface area contributed by atoms with E-state index in [9.17, 15) is 13.2 Å². The van der Waals surface area contributed by atoms with E-state index >= 15 is 0 Å². The number of ether oxygens (including phenoxy) is 1. The van der Waals surface area contributed by atoms with Crippen molar-refractivity contribution in [2.24, 2.45) is 0 Å². The van der Waals surface area contributed by atoms with Crippen LogP contribution in [0, 0.1) is 0 Å². The molecule has 0 spiro atoms. The van der Waals surface area contributed by atoms with Crippen molar-refractivity contribution in [2.45, 2.75) is 13.0 Å². The van der Waals surface area contributed by atoms with Gasteiger partial charge in [-0.2, -0.15) is 0 Å². The van der Waals surface area contributed by atoms with Crippen molar-refractivity contribution in [3.05, 3.63) is 53.6 Å². The largest absolute Gasteiger partial charge is 0.497 e. The van der Waals surface area contributed by atoms with E-state index in [0.29, 0.717) is 22.1 Å². The fraction of sp³-hybridized carbons (Fsp3) is 0.235. The number of hydrogen-bond acceptors (Lipinski definition) is 4. The SMILES string of the molecule is COc1cccc(N([C@@H](C)C(=O)Nc2cccc(Cl)c2)S(C)(=O)=O)c1. The molecule has 0 aliphatic rings. The second-order valence-corrected chi connectivity index (χ2v) is 7.73. The standard InChI is InChI=1S/C17H19ClN2O4S/c1-12(17(21)19-14-7-4-6-13(18)10-14)20(25(3,22)23)15-8-5-9-16(11-15)24-2/h4-12H,1-3H3,(H,19,21)/t12-/m0/s1. The van der Waals surface area contributed by atoms with Gasteiger partial charge in [0.2, 0.25) is 15.9 Å². The highest BCUT2D eigenvalue weighted by molar-refractivity contribution is 7.92. The molecule has 1 N–H and O–H groups in total. The zero-order chi connectivity index (χ0) is 18.6. The lowest BCUT2D eigenvalue weighted by Gasteiger charge is -2.28. The molecule has 0 fully saturated rings. The van der Waals surface area contributed by atoms with Crippen molar-refractivity contribution in [1.29, 1.82) is 0 Å². The lowest BCUT2D eigenvalue weighted by molar-refractivity contribution is -0.116. The summed E-state index contributed by atoms with van der Waals surface area (Å²) in [4.78, 5) is 12.5. The average Bonchev–Trinajstić information content (AvgIpc) is 2.53. The summed E-state index contributed by atoms with van der Waals surface area (Å²) in [6, 6.07) is 12.2. The Bertz CT molecular complexity index is 870. The minimum atomic E-state index is -3.70. The van der Waals surface area contributed by atoms with Crippen LogP contribution < -0.4 is 14.4 Å². The first-order chi connectivity index (χ1) is 11.7. The molecular weight excluding hydrogens is 364 g/mol. The van der Waals surface area contributed by atoms with Crippen LogP contribution in [0.25, 0.3) is 0 Å². The minimum Gasteiger partial charge on any atom is -0.497 e. The summed E-state index contributed by atoms with van der Waals surface area (Å²) in [5.41, 5.74) is 0.832. The molecule has 6 nitrogen and oxygen atoms in total. The predicted octanol–water partition coefficient (Wildman–Crippen LogP) is 3.14. The van der Waals surface area contributed by atoms with Crippen LogP contribution in [0.2, 0.25) is 5.02 Å². The van der Waals surface area contributed by atoms with Crippen molar-refractivity contribution in [2.75, 3.05) is 23.0 Å². The number of rotatable bonds is 6. The van der Waals surface area contributed by atoms with Crippen LogP contribution in [0.4, 0.5) is 11.4 Å². The Labute approximate surface area is 152 Å². The number of hydrogen-bond donors (Lipinski definition) is 1. The quantitative estimate of drug-likeness (QED) is 0.832. The molecule has 2 aromatic rings. The van der Waals surface area contributed by atoms with Gasteiger partial charge in [-0.1, -0.05) is 23.7 Å². The number of sulfonamides is 1. The summed E-state index contributed by atoms with van der Waals surface area (Å²) in [6.45, 7) is 1.51. The molecule has 0 saturated heterocycles. The van der Waals surface area contributed by atoms with Crippen LogP contribution in [0.15, 0.2) is 48.5 Å². The van der Waals surface area contributed by atoms with E-state index in [1.807, 2.05) is 0 Å². The van der Waals surface area contributed by atoms with Gasteiger partial charge in [0.15, 0.2) is 0 Å². The topological polar surface area (TPSA) is 75.7 Å². The smallest absolute Gasteiger partial charge is 0.247 e. The van der Waals surface area contributed by atoms with E-state index in [1.54, 1.807) is 48.5 Å². The molecule has 1 amide bonds. The van der Waals surface area contributed by atoms with Crippen LogP contribution in [0.3, 0.4) is 0 Å². The van der Waals surface area contributed by atoms with Crippen molar-refractivity contribution < 1.29 is 17.9 Å². The number of nitrogens with one attached hydrogen (secondary N) is 1. The van der Waals surface area contributed by atoms with Crippen LogP contribution in [-0.2, 0) is 14.8 Å². The zero-order valence-corrected chi connectivity index (χ0v) is 15.6. The molecule has 2 aromatic carbocycles. The summed E-state index contributed by atoms with van der Waals surface area (Å²) in [6.07, 6.45) is 1.05. The van der Waals surface area contributed by atoms with E-state index in [2.05, 4.69) is 5.32 Å². The molecular formula is C17H19ClN2O4S. The van der Waals surface area contributed by atoms with Gasteiger partial charge >= 0.3 is 0 Å². The summed E-state index contributed by atoms with van der Waals surface area (Å²) in [7, 11) is -2.21. The number of carbonyl (C=O) groups is 1. The first-order valence-corrected chi connectivity index (χ1v) is 9.65. The molecule has 2 rings (SSSR count). The van der Waals surface area contributed by atoms with Gasteiger partial charge in [-0.15, -0.1) is 0 Å². The third kappa shape index (κ3) is 4.87. The molecule has 1 atom stereocenters. The second-order valence-electron chi connectivity index (χ2n) is 5.44. The molecule has 0 heterocycles. The lowest BCUT2D eigenvalue weighted by atomic mass is 10.2. The Morgan fingerprint density at radius 3 is 2.48 bits per heavy atom. The Balaban J connectivity index is 2.32. The molecule has 25 heavy (non-hydrogen) atoms. The fourth-order valence-corrected chi connectivity index (χ4v) is 3.73. The van der Waals surface area contributed by atoms with Crippen molar-refractivity contribution in [3.8, 4) is 5.75 Å². The highest BCUT2D eigenvalue weighted by atomic mass is 35.5. The number of anilines is 2. The van der Waals surface area contributed by atoms with Crippen LogP contribution in [-0.4, -0.2) is 33.7 Å². The van der Waals surface area contributed by atoms with E-state index in [-0.39, 0.29) is 0 Å². The fourth-order valence-electron chi connectivity index (χ4n) is 2.37. The van der Waals surface area contributed by atoms with Gasteiger partial charge < -0.3 is 10.1 Å².